The summed E-state index contributed by atoms with van der Waals surface area (Å²) < 4.78 is 0. The Bertz CT molecular complexity index is 800. The van der Waals surface area contributed by atoms with Gasteiger partial charge in [-0.1, -0.05) is 45.0 Å². The summed E-state index contributed by atoms with van der Waals surface area (Å²) in [4.78, 5) is 26.3. The molecule has 0 saturated carbocycles. The predicted molar refractivity (Wildman–Crippen MR) is 113 cm³/mol. The first-order chi connectivity index (χ1) is 13.0. The second kappa shape index (κ2) is 8.61. The summed E-state index contributed by atoms with van der Waals surface area (Å²) in [7, 11) is 0. The molecule has 1 aliphatic rings. The summed E-state index contributed by atoms with van der Waals surface area (Å²) in [6.45, 7) is 6.17. The van der Waals surface area contributed by atoms with Crippen LogP contribution in [0.5, 0.6) is 0 Å². The highest BCUT2D eigenvalue weighted by Crippen LogP contribution is 2.42. The van der Waals surface area contributed by atoms with E-state index in [1.165, 1.54) is 5.56 Å². The number of benzene rings is 2. The van der Waals surface area contributed by atoms with Gasteiger partial charge < -0.3 is 5.32 Å². The number of aryl methyl sites for hydroxylation is 1. The zero-order valence-corrected chi connectivity index (χ0v) is 16.9. The molecular weight excluding hydrogens is 356 g/mol. The van der Waals surface area contributed by atoms with E-state index in [1.54, 1.807) is 11.8 Å². The second-order valence-electron chi connectivity index (χ2n) is 7.22. The molecule has 4 nitrogen and oxygen atoms in total. The first kappa shape index (κ1) is 19.5. The predicted octanol–water partition coefficient (Wildman–Crippen LogP) is 5.01. The molecule has 0 bridgehead atoms. The molecular formula is C22H26N2O2S. The average molecular weight is 383 g/mol. The number of rotatable bonds is 6. The molecule has 0 radical (unpaired) electrons. The first-order valence-corrected chi connectivity index (χ1v) is 10.4. The molecule has 1 atom stereocenters. The van der Waals surface area contributed by atoms with Crippen molar-refractivity contribution in [2.75, 3.05) is 16.0 Å². The smallest absolute Gasteiger partial charge is 0.238 e. The molecule has 3 rings (SSSR count). The zero-order chi connectivity index (χ0) is 19.4. The molecule has 1 N–H and O–H groups in total. The summed E-state index contributed by atoms with van der Waals surface area (Å²) in [5.74, 6) is 0.967. The van der Waals surface area contributed by atoms with Gasteiger partial charge in [-0.05, 0) is 47.7 Å². The highest BCUT2D eigenvalue weighted by molar-refractivity contribution is 8.00. The van der Waals surface area contributed by atoms with Crippen LogP contribution in [0, 0.1) is 5.92 Å². The molecule has 0 aromatic heterocycles. The molecule has 1 saturated heterocycles. The minimum atomic E-state index is -0.0367. The van der Waals surface area contributed by atoms with E-state index in [0.29, 0.717) is 18.1 Å². The highest BCUT2D eigenvalue weighted by atomic mass is 32.2. The standard InChI is InChI=1S/C22H26N2O2S/c1-4-16-5-11-19(12-6-16)24-21(26)14-27-22(24)17-7-9-18(10-8-17)23-20(25)13-15(2)3/h5-12,15,22H,4,13-14H2,1-3H3,(H,23,25)/t22-/m1/s1. The largest absolute Gasteiger partial charge is 0.326 e. The third kappa shape index (κ3) is 4.72. The van der Waals surface area contributed by atoms with Gasteiger partial charge in [0.1, 0.15) is 5.37 Å². The average Bonchev–Trinajstić information content (AvgIpc) is 3.03. The molecule has 142 valence electrons. The molecule has 1 aliphatic heterocycles. The Labute approximate surface area is 165 Å². The van der Waals surface area contributed by atoms with Crippen LogP contribution < -0.4 is 10.2 Å². The first-order valence-electron chi connectivity index (χ1n) is 9.40. The zero-order valence-electron chi connectivity index (χ0n) is 16.1. The SMILES string of the molecule is CCc1ccc(N2C(=O)CS[C@@H]2c2ccc(NC(=O)CC(C)C)cc2)cc1. The fraction of sp³-hybridized carbons (Fsp3) is 0.364. The summed E-state index contributed by atoms with van der Waals surface area (Å²) in [5, 5.41) is 2.89. The third-order valence-electron chi connectivity index (χ3n) is 4.56. The quantitative estimate of drug-likeness (QED) is 0.764. The lowest BCUT2D eigenvalue weighted by atomic mass is 10.1. The number of carbonyl (C=O) groups excluding carboxylic acids is 2. The molecule has 2 amide bonds. The lowest BCUT2D eigenvalue weighted by Gasteiger charge is -2.24. The van der Waals surface area contributed by atoms with Crippen LogP contribution in [-0.2, 0) is 16.0 Å². The molecule has 1 heterocycles. The number of thioether (sulfide) groups is 1. The Hall–Kier alpha value is -2.27. The molecule has 0 unspecified atom stereocenters. The van der Waals surface area contributed by atoms with Crippen molar-refractivity contribution >= 4 is 35.0 Å². The van der Waals surface area contributed by atoms with Crippen LogP contribution in [0.4, 0.5) is 11.4 Å². The second-order valence-corrected chi connectivity index (χ2v) is 8.28. The van der Waals surface area contributed by atoms with Gasteiger partial charge >= 0.3 is 0 Å². The molecule has 0 aliphatic carbocycles. The van der Waals surface area contributed by atoms with Gasteiger partial charge in [-0.2, -0.15) is 0 Å². The molecule has 2 aromatic carbocycles. The van der Waals surface area contributed by atoms with Crippen molar-refractivity contribution in [3.05, 3.63) is 59.7 Å². The molecule has 1 fully saturated rings. The number of anilines is 2. The Balaban J connectivity index is 1.75. The number of hydrogen-bond acceptors (Lipinski definition) is 3. The summed E-state index contributed by atoms with van der Waals surface area (Å²) in [6.07, 6.45) is 1.49. The van der Waals surface area contributed by atoms with Gasteiger partial charge in [0.25, 0.3) is 0 Å². The molecule has 0 spiro atoms. The maximum Gasteiger partial charge on any atom is 0.238 e. The summed E-state index contributed by atoms with van der Waals surface area (Å²) in [5.41, 5.74) is 4.04. The minimum absolute atomic E-state index is 0.0285. The minimum Gasteiger partial charge on any atom is -0.326 e. The van der Waals surface area contributed by atoms with Crippen LogP contribution in [0.1, 0.15) is 43.7 Å². The number of nitrogens with zero attached hydrogens (tertiary/aromatic N) is 1. The van der Waals surface area contributed by atoms with Crippen LogP contribution in [0.3, 0.4) is 0 Å². The Morgan fingerprint density at radius 2 is 1.81 bits per heavy atom. The van der Waals surface area contributed by atoms with E-state index in [1.807, 2.05) is 55.1 Å². The van der Waals surface area contributed by atoms with Gasteiger partial charge in [-0.25, -0.2) is 0 Å². The molecule has 5 heteroatoms. The van der Waals surface area contributed by atoms with Crippen LogP contribution >= 0.6 is 11.8 Å². The van der Waals surface area contributed by atoms with E-state index in [-0.39, 0.29) is 17.2 Å². The summed E-state index contributed by atoms with van der Waals surface area (Å²) in [6, 6.07) is 16.0. The van der Waals surface area contributed by atoms with Gasteiger partial charge in [0.15, 0.2) is 0 Å². The van der Waals surface area contributed by atoms with E-state index in [4.69, 9.17) is 0 Å². The number of nitrogens with one attached hydrogen (secondary N) is 1. The van der Waals surface area contributed by atoms with Crippen LogP contribution in [-0.4, -0.2) is 17.6 Å². The van der Waals surface area contributed by atoms with E-state index < -0.39 is 0 Å². The van der Waals surface area contributed by atoms with Crippen molar-refractivity contribution in [1.29, 1.82) is 0 Å². The maximum atomic E-state index is 12.5. The van der Waals surface area contributed by atoms with Crippen molar-refractivity contribution in [3.8, 4) is 0 Å². The highest BCUT2D eigenvalue weighted by Gasteiger charge is 2.33. The van der Waals surface area contributed by atoms with Crippen molar-refractivity contribution in [2.45, 2.75) is 39.0 Å². The lowest BCUT2D eigenvalue weighted by Crippen LogP contribution is -2.27. The van der Waals surface area contributed by atoms with Crippen LogP contribution in [0.2, 0.25) is 0 Å². The topological polar surface area (TPSA) is 49.4 Å². The van der Waals surface area contributed by atoms with Crippen molar-refractivity contribution in [3.63, 3.8) is 0 Å². The van der Waals surface area contributed by atoms with Gasteiger partial charge in [-0.3, -0.25) is 14.5 Å². The van der Waals surface area contributed by atoms with Crippen LogP contribution in [0.25, 0.3) is 0 Å². The van der Waals surface area contributed by atoms with Crippen molar-refractivity contribution < 1.29 is 9.59 Å². The van der Waals surface area contributed by atoms with Gasteiger partial charge in [0.2, 0.25) is 11.8 Å². The van der Waals surface area contributed by atoms with E-state index in [2.05, 4.69) is 24.4 Å². The monoisotopic (exact) mass is 382 g/mol. The Morgan fingerprint density at radius 1 is 1.15 bits per heavy atom. The maximum absolute atomic E-state index is 12.5. The summed E-state index contributed by atoms with van der Waals surface area (Å²) >= 11 is 1.63. The fourth-order valence-electron chi connectivity index (χ4n) is 3.16. The number of hydrogen-bond donors (Lipinski definition) is 1. The fourth-order valence-corrected chi connectivity index (χ4v) is 4.33. The van der Waals surface area contributed by atoms with E-state index in [0.717, 1.165) is 23.4 Å². The number of amides is 2. The van der Waals surface area contributed by atoms with E-state index in [9.17, 15) is 9.59 Å². The number of carbonyl (C=O) groups is 2. The third-order valence-corrected chi connectivity index (χ3v) is 5.78. The van der Waals surface area contributed by atoms with Gasteiger partial charge in [0.05, 0.1) is 5.75 Å². The normalized spacial score (nSPS) is 16.8. The lowest BCUT2D eigenvalue weighted by molar-refractivity contribution is -0.117. The Kier molecular flexibility index (Phi) is 6.22. The van der Waals surface area contributed by atoms with E-state index >= 15 is 0 Å². The van der Waals surface area contributed by atoms with Gasteiger partial charge in [-0.15, -0.1) is 11.8 Å². The Morgan fingerprint density at radius 3 is 2.41 bits per heavy atom. The molecule has 2 aromatic rings. The van der Waals surface area contributed by atoms with Gasteiger partial charge in [0, 0.05) is 17.8 Å². The molecule has 27 heavy (non-hydrogen) atoms. The van der Waals surface area contributed by atoms with Crippen LogP contribution in [0.15, 0.2) is 48.5 Å². The van der Waals surface area contributed by atoms with Crippen molar-refractivity contribution in [1.82, 2.24) is 0 Å². The van der Waals surface area contributed by atoms with Crippen molar-refractivity contribution in [2.24, 2.45) is 5.92 Å².